The van der Waals surface area contributed by atoms with E-state index in [1.807, 2.05) is 17.8 Å². The van der Waals surface area contributed by atoms with Gasteiger partial charge in [-0.2, -0.15) is 4.31 Å². The lowest BCUT2D eigenvalue weighted by molar-refractivity contribution is 0.146. The quantitative estimate of drug-likeness (QED) is 0.682. The smallest absolute Gasteiger partial charge is 0.243 e. The van der Waals surface area contributed by atoms with Crippen molar-refractivity contribution in [2.45, 2.75) is 29.6 Å². The number of halogens is 1. The molecule has 27 heavy (non-hydrogen) atoms. The number of nitrogens with zero attached hydrogens (tertiary/aromatic N) is 3. The van der Waals surface area contributed by atoms with E-state index in [-0.39, 0.29) is 17.4 Å². The van der Waals surface area contributed by atoms with E-state index >= 15 is 0 Å². The first-order valence-corrected chi connectivity index (χ1v) is 11.1. The van der Waals surface area contributed by atoms with Crippen molar-refractivity contribution in [2.24, 2.45) is 13.0 Å². The molecular weight excluding hydrogens is 389 g/mol. The van der Waals surface area contributed by atoms with Gasteiger partial charge in [-0.25, -0.2) is 17.8 Å². The Morgan fingerprint density at radius 3 is 2.78 bits per heavy atom. The number of alkyl halides is 1. The predicted molar refractivity (Wildman–Crippen MR) is 103 cm³/mol. The first kappa shape index (κ1) is 20.2. The summed E-state index contributed by atoms with van der Waals surface area (Å²) >= 11 is 1.51. The standard InChI is InChI=1S/C18H24FN3O3S2/c1-13-10-15(25-3)4-5-17(13)27(23,24)22-8-6-14(16(19)11-22)12-26-18-20-7-9-21(18)2/h4-5,7,9-10,14,16H,6,8,11-12H2,1-3H3. The van der Waals surface area contributed by atoms with Gasteiger partial charge < -0.3 is 9.30 Å². The number of imidazole rings is 1. The highest BCUT2D eigenvalue weighted by molar-refractivity contribution is 7.99. The van der Waals surface area contributed by atoms with Crippen LogP contribution < -0.4 is 4.74 Å². The number of ether oxygens (including phenoxy) is 1. The van der Waals surface area contributed by atoms with E-state index in [0.717, 1.165) is 5.16 Å². The third kappa shape index (κ3) is 4.30. The molecule has 6 nitrogen and oxygen atoms in total. The number of hydrogen-bond donors (Lipinski definition) is 0. The molecule has 9 heteroatoms. The van der Waals surface area contributed by atoms with E-state index in [4.69, 9.17) is 4.74 Å². The maximum absolute atomic E-state index is 14.7. The van der Waals surface area contributed by atoms with Gasteiger partial charge in [-0.3, -0.25) is 0 Å². The van der Waals surface area contributed by atoms with Gasteiger partial charge in [0.25, 0.3) is 0 Å². The molecule has 2 heterocycles. The van der Waals surface area contributed by atoms with Crippen molar-refractivity contribution in [3.63, 3.8) is 0 Å². The zero-order valence-corrected chi connectivity index (χ0v) is 17.3. The number of piperidine rings is 1. The Hall–Kier alpha value is -1.58. The first-order valence-electron chi connectivity index (χ1n) is 8.72. The number of aryl methyl sites for hydroxylation is 2. The minimum absolute atomic E-state index is 0.112. The Morgan fingerprint density at radius 1 is 1.41 bits per heavy atom. The zero-order chi connectivity index (χ0) is 19.6. The summed E-state index contributed by atoms with van der Waals surface area (Å²) in [6.07, 6.45) is 2.86. The minimum Gasteiger partial charge on any atom is -0.497 e. The van der Waals surface area contributed by atoms with E-state index in [9.17, 15) is 12.8 Å². The van der Waals surface area contributed by atoms with Gasteiger partial charge in [-0.1, -0.05) is 11.8 Å². The molecule has 1 aromatic heterocycles. The highest BCUT2D eigenvalue weighted by Gasteiger charge is 2.36. The van der Waals surface area contributed by atoms with E-state index in [1.165, 1.54) is 29.2 Å². The maximum atomic E-state index is 14.7. The number of hydrogen-bond acceptors (Lipinski definition) is 5. The van der Waals surface area contributed by atoms with Gasteiger partial charge in [0.2, 0.25) is 10.0 Å². The molecule has 2 unspecified atom stereocenters. The van der Waals surface area contributed by atoms with Crippen LogP contribution in [0.4, 0.5) is 4.39 Å². The second-order valence-electron chi connectivity index (χ2n) is 6.69. The minimum atomic E-state index is -3.72. The van der Waals surface area contributed by atoms with Crippen LogP contribution in [0.1, 0.15) is 12.0 Å². The van der Waals surface area contributed by atoms with Crippen molar-refractivity contribution in [3.05, 3.63) is 36.2 Å². The summed E-state index contributed by atoms with van der Waals surface area (Å²) in [4.78, 5) is 4.43. The first-order chi connectivity index (χ1) is 12.8. The topological polar surface area (TPSA) is 64.4 Å². The molecule has 1 fully saturated rings. The molecule has 1 saturated heterocycles. The molecule has 0 radical (unpaired) electrons. The zero-order valence-electron chi connectivity index (χ0n) is 15.6. The van der Waals surface area contributed by atoms with Gasteiger partial charge in [0, 0.05) is 44.2 Å². The van der Waals surface area contributed by atoms with Gasteiger partial charge in [0.15, 0.2) is 5.16 Å². The summed E-state index contributed by atoms with van der Waals surface area (Å²) in [5.41, 5.74) is 0.595. The van der Waals surface area contributed by atoms with Crippen LogP contribution >= 0.6 is 11.8 Å². The fraction of sp³-hybridized carbons (Fsp3) is 0.500. The average Bonchev–Trinajstić information content (AvgIpc) is 3.05. The molecule has 2 aromatic rings. The second-order valence-corrected chi connectivity index (χ2v) is 9.58. The highest BCUT2D eigenvalue weighted by Crippen LogP contribution is 2.31. The number of benzene rings is 1. The normalized spacial score (nSPS) is 21.3. The largest absolute Gasteiger partial charge is 0.497 e. The van der Waals surface area contributed by atoms with Crippen molar-refractivity contribution in [1.29, 1.82) is 0 Å². The van der Waals surface area contributed by atoms with E-state index < -0.39 is 16.2 Å². The van der Waals surface area contributed by atoms with Crippen LogP contribution in [0.3, 0.4) is 0 Å². The Bertz CT molecular complexity index is 901. The molecule has 2 atom stereocenters. The number of aromatic nitrogens is 2. The summed E-state index contributed by atoms with van der Waals surface area (Å²) in [5, 5.41) is 0.839. The second kappa shape index (κ2) is 8.20. The number of methoxy groups -OCH3 is 1. The summed E-state index contributed by atoms with van der Waals surface area (Å²) in [5.74, 6) is 0.997. The molecule has 148 valence electrons. The molecule has 1 aliphatic heterocycles. The fourth-order valence-electron chi connectivity index (χ4n) is 3.18. The molecular formula is C18H24FN3O3S2. The van der Waals surface area contributed by atoms with Crippen LogP contribution in [0, 0.1) is 12.8 Å². The van der Waals surface area contributed by atoms with Crippen LogP contribution in [0.25, 0.3) is 0 Å². The van der Waals surface area contributed by atoms with E-state index in [2.05, 4.69) is 4.98 Å². The Balaban J connectivity index is 1.67. The SMILES string of the molecule is COc1ccc(S(=O)(=O)N2CCC(CSc3nccn3C)C(F)C2)c(C)c1. The van der Waals surface area contributed by atoms with E-state index in [0.29, 0.717) is 30.0 Å². The van der Waals surface area contributed by atoms with Crippen LogP contribution in [0.5, 0.6) is 5.75 Å². The summed E-state index contributed by atoms with van der Waals surface area (Å²) < 4.78 is 48.9. The van der Waals surface area contributed by atoms with Crippen LogP contribution in [0.2, 0.25) is 0 Å². The molecule has 1 aliphatic rings. The lowest BCUT2D eigenvalue weighted by Crippen LogP contribution is -2.45. The van der Waals surface area contributed by atoms with Crippen molar-refractivity contribution in [3.8, 4) is 5.75 Å². The third-order valence-electron chi connectivity index (χ3n) is 4.84. The lowest BCUT2D eigenvalue weighted by Gasteiger charge is -2.34. The van der Waals surface area contributed by atoms with Gasteiger partial charge >= 0.3 is 0 Å². The number of thioether (sulfide) groups is 1. The molecule has 0 N–H and O–H groups in total. The van der Waals surface area contributed by atoms with Gasteiger partial charge in [-0.05, 0) is 37.1 Å². The van der Waals surface area contributed by atoms with Crippen molar-refractivity contribution >= 4 is 21.8 Å². The number of sulfonamides is 1. The predicted octanol–water partition coefficient (Wildman–Crippen LogP) is 2.88. The summed E-state index contributed by atoms with van der Waals surface area (Å²) in [6, 6.07) is 4.82. The van der Waals surface area contributed by atoms with E-state index in [1.54, 1.807) is 25.3 Å². The summed E-state index contributed by atoms with van der Waals surface area (Å²) in [6.45, 7) is 1.93. The molecule has 0 saturated carbocycles. The molecule has 0 amide bonds. The van der Waals surface area contributed by atoms with Gasteiger partial charge in [0.1, 0.15) is 11.9 Å². The number of rotatable bonds is 6. The third-order valence-corrected chi connectivity index (χ3v) is 8.11. The molecule has 1 aromatic carbocycles. The monoisotopic (exact) mass is 413 g/mol. The van der Waals surface area contributed by atoms with Gasteiger partial charge in [-0.15, -0.1) is 0 Å². The molecule has 0 aliphatic carbocycles. The van der Waals surface area contributed by atoms with Gasteiger partial charge in [0.05, 0.1) is 12.0 Å². The van der Waals surface area contributed by atoms with Crippen molar-refractivity contribution < 1.29 is 17.5 Å². The van der Waals surface area contributed by atoms with Crippen molar-refractivity contribution in [2.75, 3.05) is 26.0 Å². The Kier molecular flexibility index (Phi) is 6.12. The highest BCUT2D eigenvalue weighted by atomic mass is 32.2. The van der Waals surface area contributed by atoms with Crippen molar-refractivity contribution in [1.82, 2.24) is 13.9 Å². The summed E-state index contributed by atoms with van der Waals surface area (Å²) in [7, 11) is -0.295. The average molecular weight is 414 g/mol. The molecule has 0 bridgehead atoms. The van der Waals surface area contributed by atoms with Crippen LogP contribution in [0.15, 0.2) is 40.6 Å². The Labute approximate surface area is 163 Å². The molecule has 3 rings (SSSR count). The lowest BCUT2D eigenvalue weighted by atomic mass is 9.98. The maximum Gasteiger partial charge on any atom is 0.243 e. The van der Waals surface area contributed by atoms with Crippen LogP contribution in [-0.4, -0.2) is 54.4 Å². The fourth-order valence-corrected chi connectivity index (χ4v) is 5.99. The Morgan fingerprint density at radius 2 is 2.19 bits per heavy atom. The van der Waals surface area contributed by atoms with Crippen LogP contribution in [-0.2, 0) is 17.1 Å². The molecule has 0 spiro atoms.